The first-order valence-electron chi connectivity index (χ1n) is 6.58. The number of carbonyl (C=O) groups is 2. The molecule has 1 unspecified atom stereocenters. The molecular formula is C14H17ClN2O4. The summed E-state index contributed by atoms with van der Waals surface area (Å²) in [6.45, 7) is 0. The lowest BCUT2D eigenvalue weighted by atomic mass is 10.1. The number of methoxy groups -OCH3 is 1. The highest BCUT2D eigenvalue weighted by Crippen LogP contribution is 2.34. The number of benzene rings is 1. The molecule has 1 saturated carbocycles. The van der Waals surface area contributed by atoms with Gasteiger partial charge in [0.2, 0.25) is 5.91 Å². The predicted octanol–water partition coefficient (Wildman–Crippen LogP) is 2.11. The van der Waals surface area contributed by atoms with Crippen molar-refractivity contribution in [2.24, 2.45) is 11.7 Å². The Labute approximate surface area is 127 Å². The Kier molecular flexibility index (Phi) is 4.69. The molecule has 7 heteroatoms. The van der Waals surface area contributed by atoms with Crippen molar-refractivity contribution in [2.75, 3.05) is 12.4 Å². The fourth-order valence-electron chi connectivity index (χ4n) is 2.09. The van der Waals surface area contributed by atoms with Crippen LogP contribution in [0.4, 0.5) is 5.69 Å². The lowest BCUT2D eigenvalue weighted by Crippen LogP contribution is -2.28. The van der Waals surface area contributed by atoms with Gasteiger partial charge in [-0.2, -0.15) is 0 Å². The summed E-state index contributed by atoms with van der Waals surface area (Å²) in [6, 6.07) is 2.50. The summed E-state index contributed by atoms with van der Waals surface area (Å²) in [5.41, 5.74) is 6.15. The second kappa shape index (κ2) is 6.32. The number of carboxylic acids is 1. The first kappa shape index (κ1) is 15.6. The van der Waals surface area contributed by atoms with Crippen LogP contribution >= 0.6 is 11.6 Å². The molecule has 0 saturated heterocycles. The highest BCUT2D eigenvalue weighted by Gasteiger charge is 2.30. The van der Waals surface area contributed by atoms with E-state index >= 15 is 0 Å². The molecule has 1 aliphatic carbocycles. The van der Waals surface area contributed by atoms with Crippen molar-refractivity contribution in [1.29, 1.82) is 0 Å². The topological polar surface area (TPSA) is 102 Å². The van der Waals surface area contributed by atoms with E-state index in [2.05, 4.69) is 5.32 Å². The van der Waals surface area contributed by atoms with E-state index in [1.54, 1.807) is 0 Å². The normalized spacial score (nSPS) is 15.4. The minimum Gasteiger partial charge on any atom is -0.496 e. The lowest BCUT2D eigenvalue weighted by molar-refractivity contribution is -0.116. The molecule has 6 nitrogen and oxygen atoms in total. The van der Waals surface area contributed by atoms with Gasteiger partial charge in [-0.25, -0.2) is 4.79 Å². The van der Waals surface area contributed by atoms with Gasteiger partial charge in [-0.15, -0.1) is 0 Å². The number of nitrogens with one attached hydrogen (secondary N) is 1. The van der Waals surface area contributed by atoms with E-state index in [-0.39, 0.29) is 34.7 Å². The number of aromatic carboxylic acids is 1. The number of amides is 1. The van der Waals surface area contributed by atoms with Crippen LogP contribution in [0.15, 0.2) is 12.1 Å². The van der Waals surface area contributed by atoms with Crippen molar-refractivity contribution < 1.29 is 19.4 Å². The largest absolute Gasteiger partial charge is 0.496 e. The first-order valence-corrected chi connectivity index (χ1v) is 6.96. The summed E-state index contributed by atoms with van der Waals surface area (Å²) in [7, 11) is 1.35. The van der Waals surface area contributed by atoms with E-state index in [9.17, 15) is 9.59 Å². The van der Waals surface area contributed by atoms with Crippen molar-refractivity contribution in [1.82, 2.24) is 0 Å². The highest BCUT2D eigenvalue weighted by atomic mass is 35.5. The molecule has 21 heavy (non-hydrogen) atoms. The average molecular weight is 313 g/mol. The summed E-state index contributed by atoms with van der Waals surface area (Å²) in [5.74, 6) is -0.840. The molecule has 1 atom stereocenters. The molecule has 0 aromatic heterocycles. The van der Waals surface area contributed by atoms with Crippen LogP contribution < -0.4 is 15.8 Å². The third kappa shape index (κ3) is 3.86. The minimum atomic E-state index is -1.15. The van der Waals surface area contributed by atoms with Gasteiger partial charge in [0.25, 0.3) is 0 Å². The van der Waals surface area contributed by atoms with Crippen molar-refractivity contribution in [2.45, 2.75) is 25.3 Å². The molecule has 0 spiro atoms. The number of carbonyl (C=O) groups excluding carboxylic acids is 1. The molecule has 114 valence electrons. The van der Waals surface area contributed by atoms with Gasteiger partial charge >= 0.3 is 5.97 Å². The SMILES string of the molecule is COc1cc(NC(=O)CC(N)C2CC2)c(Cl)cc1C(=O)O. The first-order chi connectivity index (χ1) is 9.92. The second-order valence-corrected chi connectivity index (χ2v) is 5.50. The van der Waals surface area contributed by atoms with Gasteiger partial charge in [0, 0.05) is 18.5 Å². The Bertz CT molecular complexity index is 572. The third-order valence-corrected chi connectivity index (χ3v) is 3.75. The number of carboxylic acid groups (broad SMARTS) is 1. The molecule has 1 fully saturated rings. The van der Waals surface area contributed by atoms with Gasteiger partial charge in [-0.05, 0) is 24.8 Å². The van der Waals surface area contributed by atoms with Gasteiger partial charge in [-0.3, -0.25) is 4.79 Å². The summed E-state index contributed by atoms with van der Waals surface area (Å²) < 4.78 is 5.00. The zero-order valence-electron chi connectivity index (χ0n) is 11.6. The van der Waals surface area contributed by atoms with Crippen LogP contribution in [-0.4, -0.2) is 30.1 Å². The van der Waals surface area contributed by atoms with Crippen LogP contribution in [-0.2, 0) is 4.79 Å². The summed E-state index contributed by atoms with van der Waals surface area (Å²) >= 11 is 5.99. The summed E-state index contributed by atoms with van der Waals surface area (Å²) in [4.78, 5) is 23.0. The van der Waals surface area contributed by atoms with Gasteiger partial charge < -0.3 is 20.9 Å². The highest BCUT2D eigenvalue weighted by molar-refractivity contribution is 6.34. The zero-order valence-corrected chi connectivity index (χ0v) is 12.3. The molecule has 1 aromatic rings. The Morgan fingerprint density at radius 1 is 1.52 bits per heavy atom. The van der Waals surface area contributed by atoms with Crippen LogP contribution in [0.3, 0.4) is 0 Å². The quantitative estimate of drug-likeness (QED) is 0.746. The zero-order chi connectivity index (χ0) is 15.6. The van der Waals surface area contributed by atoms with Gasteiger partial charge in [-0.1, -0.05) is 11.6 Å². The van der Waals surface area contributed by atoms with Crippen molar-refractivity contribution >= 4 is 29.2 Å². The maximum absolute atomic E-state index is 11.9. The summed E-state index contributed by atoms with van der Waals surface area (Å²) in [5, 5.41) is 11.8. The van der Waals surface area contributed by atoms with E-state index in [0.717, 1.165) is 12.8 Å². The Morgan fingerprint density at radius 2 is 2.19 bits per heavy atom. The maximum atomic E-state index is 11.9. The smallest absolute Gasteiger partial charge is 0.339 e. The number of ether oxygens (including phenoxy) is 1. The van der Waals surface area contributed by atoms with E-state index in [1.165, 1.54) is 19.2 Å². The maximum Gasteiger partial charge on any atom is 0.339 e. The number of rotatable bonds is 6. The molecule has 2 rings (SSSR count). The Hall–Kier alpha value is -1.79. The minimum absolute atomic E-state index is 0.0600. The predicted molar refractivity (Wildman–Crippen MR) is 78.9 cm³/mol. The standard InChI is InChI=1S/C14H17ClN2O4/c1-21-12-6-11(9(15)4-8(12)14(19)20)17-13(18)5-10(16)7-2-3-7/h4,6-7,10H,2-3,5,16H2,1H3,(H,17,18)(H,19,20). The van der Waals surface area contributed by atoms with Crippen LogP contribution in [0.2, 0.25) is 5.02 Å². The Balaban J connectivity index is 2.11. The van der Waals surface area contributed by atoms with Crippen LogP contribution in [0, 0.1) is 5.92 Å². The van der Waals surface area contributed by atoms with Crippen molar-refractivity contribution in [3.63, 3.8) is 0 Å². The number of anilines is 1. The number of halogens is 1. The van der Waals surface area contributed by atoms with Gasteiger partial charge in [0.1, 0.15) is 11.3 Å². The van der Waals surface area contributed by atoms with Crippen LogP contribution in [0.25, 0.3) is 0 Å². The molecule has 4 N–H and O–H groups in total. The average Bonchev–Trinajstić information content (AvgIpc) is 3.24. The molecule has 0 radical (unpaired) electrons. The van der Waals surface area contributed by atoms with E-state index in [0.29, 0.717) is 11.6 Å². The van der Waals surface area contributed by atoms with E-state index < -0.39 is 5.97 Å². The number of hydrogen-bond donors (Lipinski definition) is 3. The molecular weight excluding hydrogens is 296 g/mol. The molecule has 0 heterocycles. The fourth-order valence-corrected chi connectivity index (χ4v) is 2.30. The van der Waals surface area contributed by atoms with Crippen LogP contribution in [0.5, 0.6) is 5.75 Å². The van der Waals surface area contributed by atoms with Crippen molar-refractivity contribution in [3.05, 3.63) is 22.7 Å². The molecule has 1 aliphatic rings. The molecule has 1 amide bonds. The third-order valence-electron chi connectivity index (χ3n) is 3.44. The molecule has 0 bridgehead atoms. The van der Waals surface area contributed by atoms with Crippen molar-refractivity contribution in [3.8, 4) is 5.75 Å². The van der Waals surface area contributed by atoms with Gasteiger partial charge in [0.15, 0.2) is 0 Å². The monoisotopic (exact) mass is 312 g/mol. The van der Waals surface area contributed by atoms with E-state index in [1.807, 2.05) is 0 Å². The number of nitrogens with two attached hydrogens (primary N) is 1. The number of hydrogen-bond acceptors (Lipinski definition) is 4. The molecule has 1 aromatic carbocycles. The fraction of sp³-hybridized carbons (Fsp3) is 0.429. The molecule has 0 aliphatic heterocycles. The lowest BCUT2D eigenvalue weighted by Gasteiger charge is -2.13. The Morgan fingerprint density at radius 3 is 2.71 bits per heavy atom. The van der Waals surface area contributed by atoms with Crippen LogP contribution in [0.1, 0.15) is 29.6 Å². The second-order valence-electron chi connectivity index (χ2n) is 5.09. The van der Waals surface area contributed by atoms with E-state index in [4.69, 9.17) is 27.2 Å². The summed E-state index contributed by atoms with van der Waals surface area (Å²) in [6.07, 6.45) is 2.34. The van der Waals surface area contributed by atoms with Gasteiger partial charge in [0.05, 0.1) is 17.8 Å².